The average molecular weight is 193 g/mol. The summed E-state index contributed by atoms with van der Waals surface area (Å²) in [4.78, 5) is 15.2. The predicted molar refractivity (Wildman–Crippen MR) is 56.0 cm³/mol. The van der Waals surface area contributed by atoms with Gasteiger partial charge in [0.1, 0.15) is 0 Å². The molecule has 1 aromatic rings. The van der Waals surface area contributed by atoms with Gasteiger partial charge in [-0.1, -0.05) is 0 Å². The molecule has 1 heterocycles. The highest BCUT2D eigenvalue weighted by atomic mass is 16.1. The first-order valence-electron chi connectivity index (χ1n) is 4.67. The second kappa shape index (κ2) is 6.10. The summed E-state index contributed by atoms with van der Waals surface area (Å²) >= 11 is 0. The van der Waals surface area contributed by atoms with Crippen LogP contribution in [0.5, 0.6) is 0 Å². The molecule has 0 saturated carbocycles. The van der Waals surface area contributed by atoms with E-state index >= 15 is 0 Å². The predicted octanol–water partition coefficient (Wildman–Crippen LogP) is 1.02. The van der Waals surface area contributed by atoms with Crippen LogP contribution in [-0.2, 0) is 4.79 Å². The number of amides is 1. The van der Waals surface area contributed by atoms with E-state index in [4.69, 9.17) is 0 Å². The maximum atomic E-state index is 11.3. The minimum absolute atomic E-state index is 0.0354. The zero-order valence-electron chi connectivity index (χ0n) is 8.29. The van der Waals surface area contributed by atoms with Crippen molar-refractivity contribution in [3.8, 4) is 0 Å². The second-order valence-corrected chi connectivity index (χ2v) is 3.00. The lowest BCUT2D eigenvalue weighted by atomic mass is 10.3. The van der Waals surface area contributed by atoms with Gasteiger partial charge in [0.15, 0.2) is 0 Å². The lowest BCUT2D eigenvalue weighted by Crippen LogP contribution is -2.15. The van der Waals surface area contributed by atoms with Crippen molar-refractivity contribution in [3.63, 3.8) is 0 Å². The van der Waals surface area contributed by atoms with Crippen LogP contribution in [0.25, 0.3) is 0 Å². The van der Waals surface area contributed by atoms with Gasteiger partial charge in [0.2, 0.25) is 5.91 Å². The van der Waals surface area contributed by atoms with Crippen LogP contribution in [0.4, 0.5) is 5.69 Å². The number of rotatable bonds is 5. The molecule has 0 bridgehead atoms. The Kier molecular flexibility index (Phi) is 4.64. The molecule has 0 aromatic carbocycles. The molecule has 0 aliphatic rings. The Balaban J connectivity index is 2.27. The van der Waals surface area contributed by atoms with Crippen molar-refractivity contribution in [2.24, 2.45) is 0 Å². The first-order valence-corrected chi connectivity index (χ1v) is 4.67. The molecule has 14 heavy (non-hydrogen) atoms. The highest BCUT2D eigenvalue weighted by Gasteiger charge is 2.00. The van der Waals surface area contributed by atoms with Gasteiger partial charge in [0.25, 0.3) is 0 Å². The SMILES string of the molecule is CNCCCC(=O)Nc1cccnc1. The van der Waals surface area contributed by atoms with E-state index in [1.807, 2.05) is 13.1 Å². The van der Waals surface area contributed by atoms with Crippen LogP contribution >= 0.6 is 0 Å². The molecule has 1 rings (SSSR count). The van der Waals surface area contributed by atoms with Crippen LogP contribution in [0.2, 0.25) is 0 Å². The van der Waals surface area contributed by atoms with Crippen LogP contribution < -0.4 is 10.6 Å². The molecule has 0 fully saturated rings. The van der Waals surface area contributed by atoms with E-state index in [1.54, 1.807) is 18.5 Å². The normalized spacial score (nSPS) is 9.79. The van der Waals surface area contributed by atoms with Crippen molar-refractivity contribution >= 4 is 11.6 Å². The molecule has 0 aliphatic carbocycles. The minimum Gasteiger partial charge on any atom is -0.325 e. The largest absolute Gasteiger partial charge is 0.325 e. The topological polar surface area (TPSA) is 54.0 Å². The molecule has 2 N–H and O–H groups in total. The molecule has 0 saturated heterocycles. The molecule has 76 valence electrons. The van der Waals surface area contributed by atoms with Crippen molar-refractivity contribution in [2.45, 2.75) is 12.8 Å². The van der Waals surface area contributed by atoms with Crippen LogP contribution in [0.1, 0.15) is 12.8 Å². The quantitative estimate of drug-likeness (QED) is 0.686. The second-order valence-electron chi connectivity index (χ2n) is 3.00. The number of carbonyl (C=O) groups is 1. The molecule has 0 atom stereocenters. The number of pyridine rings is 1. The van der Waals surface area contributed by atoms with Crippen molar-refractivity contribution in [2.75, 3.05) is 18.9 Å². The Labute approximate surface area is 83.7 Å². The minimum atomic E-state index is 0.0354. The van der Waals surface area contributed by atoms with Gasteiger partial charge in [0, 0.05) is 12.6 Å². The van der Waals surface area contributed by atoms with Crippen LogP contribution in [0.3, 0.4) is 0 Å². The summed E-state index contributed by atoms with van der Waals surface area (Å²) < 4.78 is 0. The van der Waals surface area contributed by atoms with E-state index in [9.17, 15) is 4.79 Å². The fourth-order valence-corrected chi connectivity index (χ4v) is 1.09. The third-order valence-electron chi connectivity index (χ3n) is 1.78. The Morgan fingerprint density at radius 1 is 1.57 bits per heavy atom. The smallest absolute Gasteiger partial charge is 0.224 e. The average Bonchev–Trinajstić information content (AvgIpc) is 2.20. The summed E-state index contributed by atoms with van der Waals surface area (Å²) in [6.07, 6.45) is 4.70. The fraction of sp³-hybridized carbons (Fsp3) is 0.400. The van der Waals surface area contributed by atoms with E-state index in [0.29, 0.717) is 6.42 Å². The van der Waals surface area contributed by atoms with Crippen molar-refractivity contribution in [3.05, 3.63) is 24.5 Å². The summed E-state index contributed by atoms with van der Waals surface area (Å²) in [7, 11) is 1.87. The number of aromatic nitrogens is 1. The maximum Gasteiger partial charge on any atom is 0.224 e. The number of hydrogen-bond acceptors (Lipinski definition) is 3. The van der Waals surface area contributed by atoms with Gasteiger partial charge in [0.05, 0.1) is 11.9 Å². The Bertz CT molecular complexity index is 274. The van der Waals surface area contributed by atoms with Crippen LogP contribution in [0, 0.1) is 0 Å². The van der Waals surface area contributed by atoms with E-state index in [2.05, 4.69) is 15.6 Å². The maximum absolute atomic E-state index is 11.3. The van der Waals surface area contributed by atoms with Gasteiger partial charge in [-0.05, 0) is 32.1 Å². The van der Waals surface area contributed by atoms with Gasteiger partial charge in [-0.15, -0.1) is 0 Å². The van der Waals surface area contributed by atoms with Gasteiger partial charge in [-0.25, -0.2) is 0 Å². The van der Waals surface area contributed by atoms with Crippen molar-refractivity contribution in [1.29, 1.82) is 0 Å². The summed E-state index contributed by atoms with van der Waals surface area (Å²) in [6.45, 7) is 0.862. The van der Waals surface area contributed by atoms with E-state index in [1.165, 1.54) is 0 Å². The van der Waals surface area contributed by atoms with E-state index < -0.39 is 0 Å². The third kappa shape index (κ3) is 4.00. The molecular formula is C10H15N3O. The number of hydrogen-bond donors (Lipinski definition) is 2. The lowest BCUT2D eigenvalue weighted by molar-refractivity contribution is -0.116. The molecule has 1 amide bonds. The summed E-state index contributed by atoms with van der Waals surface area (Å²) in [6, 6.07) is 3.62. The summed E-state index contributed by atoms with van der Waals surface area (Å²) in [5.41, 5.74) is 0.752. The molecule has 0 aliphatic heterocycles. The zero-order valence-corrected chi connectivity index (χ0v) is 8.29. The van der Waals surface area contributed by atoms with Crippen molar-refractivity contribution < 1.29 is 4.79 Å². The van der Waals surface area contributed by atoms with Crippen molar-refractivity contribution in [1.82, 2.24) is 10.3 Å². The fourth-order valence-electron chi connectivity index (χ4n) is 1.09. The first-order chi connectivity index (χ1) is 6.83. The zero-order chi connectivity index (χ0) is 10.2. The molecule has 4 heteroatoms. The molecule has 1 aromatic heterocycles. The highest BCUT2D eigenvalue weighted by molar-refractivity contribution is 5.90. The molecule has 0 radical (unpaired) electrons. The first kappa shape index (κ1) is 10.7. The number of anilines is 1. The van der Waals surface area contributed by atoms with E-state index in [0.717, 1.165) is 18.7 Å². The van der Waals surface area contributed by atoms with Gasteiger partial charge >= 0.3 is 0 Å². The van der Waals surface area contributed by atoms with Gasteiger partial charge in [-0.2, -0.15) is 0 Å². The lowest BCUT2D eigenvalue weighted by Gasteiger charge is -2.03. The van der Waals surface area contributed by atoms with Crippen LogP contribution in [0.15, 0.2) is 24.5 Å². The molecule has 4 nitrogen and oxygen atoms in total. The number of carbonyl (C=O) groups excluding carboxylic acids is 1. The highest BCUT2D eigenvalue weighted by Crippen LogP contribution is 2.03. The number of nitrogens with zero attached hydrogens (tertiary/aromatic N) is 1. The van der Waals surface area contributed by atoms with Gasteiger partial charge in [-0.3, -0.25) is 9.78 Å². The Hall–Kier alpha value is -1.42. The van der Waals surface area contributed by atoms with Crippen LogP contribution in [-0.4, -0.2) is 24.5 Å². The number of nitrogens with one attached hydrogen (secondary N) is 2. The summed E-state index contributed by atoms with van der Waals surface area (Å²) in [5.74, 6) is 0.0354. The molecular weight excluding hydrogens is 178 g/mol. The molecule has 0 unspecified atom stereocenters. The Morgan fingerprint density at radius 3 is 3.07 bits per heavy atom. The Morgan fingerprint density at radius 2 is 2.43 bits per heavy atom. The molecule has 0 spiro atoms. The van der Waals surface area contributed by atoms with E-state index in [-0.39, 0.29) is 5.91 Å². The summed E-state index contributed by atoms with van der Waals surface area (Å²) in [5, 5.41) is 5.77. The standard InChI is InChI=1S/C10H15N3O/c1-11-6-3-5-10(14)13-9-4-2-7-12-8-9/h2,4,7-8,11H,3,5-6H2,1H3,(H,13,14). The van der Waals surface area contributed by atoms with Gasteiger partial charge < -0.3 is 10.6 Å². The third-order valence-corrected chi connectivity index (χ3v) is 1.78. The monoisotopic (exact) mass is 193 g/mol.